The minimum Gasteiger partial charge on any atom is -0.305 e. The zero-order chi connectivity index (χ0) is 14.5. The van der Waals surface area contributed by atoms with Crippen molar-refractivity contribution in [1.82, 2.24) is 5.32 Å². The van der Waals surface area contributed by atoms with Crippen LogP contribution in [0.25, 0.3) is 0 Å². The Morgan fingerprint density at radius 2 is 1.76 bits per heavy atom. The standard InChI is InChI=1S/C17H16ClNS2/c18-15-7-2-1-5-13(15)12-19-16(17-8-4-10-21-17)11-14-6-3-9-20-14/h1-10,16,19H,11-12H2. The van der Waals surface area contributed by atoms with Crippen molar-refractivity contribution in [1.29, 1.82) is 0 Å². The lowest BCUT2D eigenvalue weighted by atomic mass is 10.1. The zero-order valence-electron chi connectivity index (χ0n) is 11.5. The van der Waals surface area contributed by atoms with Gasteiger partial charge < -0.3 is 5.32 Å². The number of benzene rings is 1. The summed E-state index contributed by atoms with van der Waals surface area (Å²) in [6.07, 6.45) is 1.02. The van der Waals surface area contributed by atoms with Crippen molar-refractivity contribution in [2.45, 2.75) is 19.0 Å². The zero-order valence-corrected chi connectivity index (χ0v) is 13.8. The van der Waals surface area contributed by atoms with Crippen molar-refractivity contribution >= 4 is 34.3 Å². The van der Waals surface area contributed by atoms with E-state index < -0.39 is 0 Å². The van der Waals surface area contributed by atoms with Crippen LogP contribution in [0, 0.1) is 0 Å². The van der Waals surface area contributed by atoms with Gasteiger partial charge in [-0.3, -0.25) is 0 Å². The van der Waals surface area contributed by atoms with E-state index in [9.17, 15) is 0 Å². The summed E-state index contributed by atoms with van der Waals surface area (Å²) >= 11 is 9.85. The SMILES string of the molecule is Clc1ccccc1CNC(Cc1cccs1)c1cccs1. The van der Waals surface area contributed by atoms with Crippen molar-refractivity contribution in [3.05, 3.63) is 79.6 Å². The summed E-state index contributed by atoms with van der Waals surface area (Å²) in [5.74, 6) is 0. The number of halogens is 1. The van der Waals surface area contributed by atoms with Crippen molar-refractivity contribution in [3.63, 3.8) is 0 Å². The highest BCUT2D eigenvalue weighted by Crippen LogP contribution is 2.26. The van der Waals surface area contributed by atoms with E-state index >= 15 is 0 Å². The van der Waals surface area contributed by atoms with E-state index in [2.05, 4.69) is 46.4 Å². The van der Waals surface area contributed by atoms with Crippen molar-refractivity contribution in [2.24, 2.45) is 0 Å². The number of rotatable bonds is 6. The van der Waals surface area contributed by atoms with Gasteiger partial charge in [0, 0.05) is 33.8 Å². The molecule has 0 amide bonds. The molecule has 1 aromatic carbocycles. The number of thiophene rings is 2. The van der Waals surface area contributed by atoms with Crippen LogP contribution in [0.2, 0.25) is 5.02 Å². The summed E-state index contributed by atoms with van der Waals surface area (Å²) in [6, 6.07) is 17.0. The van der Waals surface area contributed by atoms with Gasteiger partial charge in [-0.1, -0.05) is 41.9 Å². The molecule has 0 saturated carbocycles. The molecule has 0 bridgehead atoms. The highest BCUT2D eigenvalue weighted by atomic mass is 35.5. The Hall–Kier alpha value is -1.13. The molecule has 3 aromatic rings. The first-order valence-electron chi connectivity index (χ1n) is 6.85. The quantitative estimate of drug-likeness (QED) is 0.624. The average molecular weight is 334 g/mol. The molecule has 0 aliphatic carbocycles. The molecular formula is C17H16ClNS2. The lowest BCUT2D eigenvalue weighted by Gasteiger charge is -2.17. The van der Waals surface area contributed by atoms with Gasteiger partial charge in [-0.05, 0) is 34.5 Å². The van der Waals surface area contributed by atoms with Gasteiger partial charge in [0.05, 0.1) is 0 Å². The average Bonchev–Trinajstić information content (AvgIpc) is 3.18. The van der Waals surface area contributed by atoms with Gasteiger partial charge in [-0.25, -0.2) is 0 Å². The van der Waals surface area contributed by atoms with E-state index in [1.54, 1.807) is 11.3 Å². The fraction of sp³-hybridized carbons (Fsp3) is 0.176. The van der Waals surface area contributed by atoms with Crippen LogP contribution in [0.15, 0.2) is 59.3 Å². The summed E-state index contributed by atoms with van der Waals surface area (Å²) in [5.41, 5.74) is 1.15. The minimum absolute atomic E-state index is 0.333. The van der Waals surface area contributed by atoms with E-state index in [1.165, 1.54) is 9.75 Å². The van der Waals surface area contributed by atoms with Crippen molar-refractivity contribution in [3.8, 4) is 0 Å². The molecule has 2 heterocycles. The highest BCUT2D eigenvalue weighted by Gasteiger charge is 2.14. The maximum Gasteiger partial charge on any atom is 0.0466 e. The van der Waals surface area contributed by atoms with Crippen LogP contribution in [0.4, 0.5) is 0 Å². The smallest absolute Gasteiger partial charge is 0.0466 e. The van der Waals surface area contributed by atoms with Crippen molar-refractivity contribution < 1.29 is 0 Å². The number of hydrogen-bond donors (Lipinski definition) is 1. The van der Waals surface area contributed by atoms with Crippen LogP contribution in [0.5, 0.6) is 0 Å². The summed E-state index contributed by atoms with van der Waals surface area (Å²) < 4.78 is 0. The molecule has 1 unspecified atom stereocenters. The van der Waals surface area contributed by atoms with Crippen LogP contribution < -0.4 is 5.32 Å². The third-order valence-corrected chi connectivity index (χ3v) is 5.62. The summed E-state index contributed by atoms with van der Waals surface area (Å²) in [4.78, 5) is 2.77. The molecule has 3 rings (SSSR count). The molecule has 0 spiro atoms. The molecule has 0 saturated heterocycles. The van der Waals surface area contributed by atoms with Crippen LogP contribution in [0.1, 0.15) is 21.4 Å². The normalized spacial score (nSPS) is 12.4. The summed E-state index contributed by atoms with van der Waals surface area (Å²) in [7, 11) is 0. The summed E-state index contributed by atoms with van der Waals surface area (Å²) in [5, 5.41) is 8.74. The lowest BCUT2D eigenvalue weighted by molar-refractivity contribution is 0.541. The molecular weight excluding hydrogens is 318 g/mol. The van der Waals surface area contributed by atoms with Crippen LogP contribution in [-0.4, -0.2) is 0 Å². The lowest BCUT2D eigenvalue weighted by Crippen LogP contribution is -2.22. The largest absolute Gasteiger partial charge is 0.305 e. The molecule has 1 nitrogen and oxygen atoms in total. The first-order chi connectivity index (χ1) is 10.3. The van der Waals surface area contributed by atoms with Crippen LogP contribution >= 0.6 is 34.3 Å². The van der Waals surface area contributed by atoms with Crippen LogP contribution in [0.3, 0.4) is 0 Å². The second kappa shape index (κ2) is 7.23. The van der Waals surface area contributed by atoms with E-state index in [1.807, 2.05) is 29.5 Å². The first-order valence-corrected chi connectivity index (χ1v) is 8.99. The third-order valence-electron chi connectivity index (χ3n) is 3.37. The molecule has 21 heavy (non-hydrogen) atoms. The van der Waals surface area contributed by atoms with E-state index in [-0.39, 0.29) is 0 Å². The number of nitrogens with one attached hydrogen (secondary N) is 1. The number of hydrogen-bond acceptors (Lipinski definition) is 3. The highest BCUT2D eigenvalue weighted by molar-refractivity contribution is 7.10. The molecule has 4 heteroatoms. The second-order valence-electron chi connectivity index (χ2n) is 4.82. The molecule has 0 aliphatic rings. The molecule has 0 radical (unpaired) electrons. The Morgan fingerprint density at radius 3 is 2.48 bits per heavy atom. The van der Waals surface area contributed by atoms with Crippen molar-refractivity contribution in [2.75, 3.05) is 0 Å². The van der Waals surface area contributed by atoms with Crippen LogP contribution in [-0.2, 0) is 13.0 Å². The van der Waals surface area contributed by atoms with Gasteiger partial charge in [0.25, 0.3) is 0 Å². The third kappa shape index (κ3) is 3.95. The molecule has 2 aromatic heterocycles. The second-order valence-corrected chi connectivity index (χ2v) is 7.24. The fourth-order valence-electron chi connectivity index (χ4n) is 2.27. The van der Waals surface area contributed by atoms with E-state index in [4.69, 9.17) is 11.6 Å². The van der Waals surface area contributed by atoms with Gasteiger partial charge in [-0.15, -0.1) is 22.7 Å². The minimum atomic E-state index is 0.333. The monoisotopic (exact) mass is 333 g/mol. The maximum atomic E-state index is 6.24. The molecule has 1 N–H and O–H groups in total. The predicted molar refractivity (Wildman–Crippen MR) is 93.4 cm³/mol. The Bertz CT molecular complexity index is 662. The summed E-state index contributed by atoms with van der Waals surface area (Å²) in [6.45, 7) is 0.785. The molecule has 0 fully saturated rings. The Labute approximate surface area is 138 Å². The Morgan fingerprint density at radius 1 is 0.952 bits per heavy atom. The topological polar surface area (TPSA) is 12.0 Å². The van der Waals surface area contributed by atoms with Gasteiger partial charge in [-0.2, -0.15) is 0 Å². The predicted octanol–water partition coefficient (Wildman–Crippen LogP) is 5.54. The van der Waals surface area contributed by atoms with Gasteiger partial charge in [0.15, 0.2) is 0 Å². The fourth-order valence-corrected chi connectivity index (χ4v) is 4.02. The Balaban J connectivity index is 1.72. The Kier molecular flexibility index (Phi) is 5.09. The van der Waals surface area contributed by atoms with E-state index in [0.717, 1.165) is 23.6 Å². The van der Waals surface area contributed by atoms with E-state index in [0.29, 0.717) is 6.04 Å². The molecule has 108 valence electrons. The maximum absolute atomic E-state index is 6.24. The molecule has 0 aliphatic heterocycles. The van der Waals surface area contributed by atoms with Gasteiger partial charge >= 0.3 is 0 Å². The van der Waals surface area contributed by atoms with Gasteiger partial charge in [0.1, 0.15) is 0 Å². The van der Waals surface area contributed by atoms with Gasteiger partial charge in [0.2, 0.25) is 0 Å². The first kappa shape index (κ1) is 14.8. The molecule has 1 atom stereocenters.